The lowest BCUT2D eigenvalue weighted by atomic mass is 10.1. The first-order valence-corrected chi connectivity index (χ1v) is 8.93. The van der Waals surface area contributed by atoms with Crippen LogP contribution < -0.4 is 4.72 Å². The third-order valence-corrected chi connectivity index (χ3v) is 5.12. The van der Waals surface area contributed by atoms with Gasteiger partial charge in [0.05, 0.1) is 29.2 Å². The Morgan fingerprint density at radius 1 is 1.41 bits per heavy atom. The van der Waals surface area contributed by atoms with Gasteiger partial charge in [-0.1, -0.05) is 11.9 Å². The van der Waals surface area contributed by atoms with Gasteiger partial charge in [-0.05, 0) is 54.4 Å². The summed E-state index contributed by atoms with van der Waals surface area (Å²) in [6.45, 7) is 8.65. The molecule has 0 atom stereocenters. The van der Waals surface area contributed by atoms with Crippen molar-refractivity contribution >= 4 is 38.8 Å². The molecule has 1 saturated heterocycles. The molecule has 22 heavy (non-hydrogen) atoms. The predicted molar refractivity (Wildman–Crippen MR) is 93.6 cm³/mol. The molecule has 0 spiro atoms. The maximum absolute atomic E-state index is 13.9. The van der Waals surface area contributed by atoms with Gasteiger partial charge in [0.1, 0.15) is 5.82 Å². The Kier molecular flexibility index (Phi) is 4.56. The highest BCUT2D eigenvalue weighted by molar-refractivity contribution is 9.10. The molecule has 0 radical (unpaired) electrons. The van der Waals surface area contributed by atoms with Crippen molar-refractivity contribution in [1.82, 2.24) is 9.29 Å². The molecule has 1 aliphatic heterocycles. The Labute approximate surface area is 142 Å². The van der Waals surface area contributed by atoms with E-state index in [0.29, 0.717) is 17.1 Å². The van der Waals surface area contributed by atoms with E-state index in [0.717, 1.165) is 29.7 Å². The van der Waals surface area contributed by atoms with E-state index >= 15 is 0 Å². The quantitative estimate of drug-likeness (QED) is 0.774. The normalized spacial score (nSPS) is 16.2. The molecule has 1 N–H and O–H groups in total. The second kappa shape index (κ2) is 6.15. The first kappa shape index (κ1) is 16.3. The number of fused-ring (bicyclic) bond motifs is 1. The zero-order valence-electron chi connectivity index (χ0n) is 13.0. The summed E-state index contributed by atoms with van der Waals surface area (Å²) in [6, 6.07) is 3.83. The van der Waals surface area contributed by atoms with Crippen molar-refractivity contribution < 1.29 is 9.13 Å². The molecule has 1 fully saturated rings. The highest BCUT2D eigenvalue weighted by Gasteiger charge is 2.24. The molecule has 0 amide bonds. The number of hydrogen-bond donors (Lipinski definition) is 1. The first-order chi connectivity index (χ1) is 10.3. The Morgan fingerprint density at radius 2 is 2.14 bits per heavy atom. The highest BCUT2D eigenvalue weighted by atomic mass is 79.9. The van der Waals surface area contributed by atoms with Crippen LogP contribution in [0, 0.1) is 5.82 Å². The molecule has 6 heteroatoms. The number of rotatable bonds is 4. The highest BCUT2D eigenvalue weighted by Crippen LogP contribution is 2.32. The molecule has 0 bridgehead atoms. The summed E-state index contributed by atoms with van der Waals surface area (Å²) >= 11 is 4.98. The monoisotopic (exact) mass is 386 g/mol. The molecule has 3 rings (SSSR count). The van der Waals surface area contributed by atoms with Crippen molar-refractivity contribution in [3.05, 3.63) is 34.2 Å². The second-order valence-corrected chi connectivity index (χ2v) is 9.14. The van der Waals surface area contributed by atoms with E-state index in [4.69, 9.17) is 4.74 Å². The lowest BCUT2D eigenvalue weighted by Gasteiger charge is -2.28. The van der Waals surface area contributed by atoms with E-state index < -0.39 is 0 Å². The SMILES string of the molecule is CC(C)(C)SNCc1cn(C2COC2)c2cc(Br)c(F)cc12. The molecule has 2 aromatic rings. The summed E-state index contributed by atoms with van der Waals surface area (Å²) in [4.78, 5) is 0. The topological polar surface area (TPSA) is 26.2 Å². The standard InChI is InChI=1S/C16H20BrFN2OS/c1-16(2,3)22-19-6-10-7-20(11-8-21-9-11)15-5-13(17)14(18)4-12(10)15/h4-5,7,11,19H,6,8-9H2,1-3H3. The van der Waals surface area contributed by atoms with Crippen molar-refractivity contribution in [2.45, 2.75) is 38.1 Å². The van der Waals surface area contributed by atoms with Gasteiger partial charge in [-0.2, -0.15) is 0 Å². The van der Waals surface area contributed by atoms with E-state index in [-0.39, 0.29) is 10.6 Å². The van der Waals surface area contributed by atoms with Gasteiger partial charge in [-0.3, -0.25) is 4.72 Å². The van der Waals surface area contributed by atoms with Crippen LogP contribution in [0.2, 0.25) is 0 Å². The van der Waals surface area contributed by atoms with Crippen LogP contribution in [-0.4, -0.2) is 22.5 Å². The Morgan fingerprint density at radius 3 is 2.73 bits per heavy atom. The number of hydrogen-bond acceptors (Lipinski definition) is 3. The van der Waals surface area contributed by atoms with Crippen LogP contribution in [-0.2, 0) is 11.3 Å². The summed E-state index contributed by atoms with van der Waals surface area (Å²) < 4.78 is 25.5. The lowest BCUT2D eigenvalue weighted by Crippen LogP contribution is -2.30. The summed E-state index contributed by atoms with van der Waals surface area (Å²) in [6.07, 6.45) is 2.12. The predicted octanol–water partition coefficient (Wildman–Crippen LogP) is 4.65. The van der Waals surface area contributed by atoms with Gasteiger partial charge < -0.3 is 9.30 Å². The third kappa shape index (κ3) is 3.35. The van der Waals surface area contributed by atoms with E-state index in [1.807, 2.05) is 6.07 Å². The Balaban J connectivity index is 1.93. The van der Waals surface area contributed by atoms with Gasteiger partial charge >= 0.3 is 0 Å². The number of nitrogens with zero attached hydrogens (tertiary/aromatic N) is 1. The smallest absolute Gasteiger partial charge is 0.138 e. The largest absolute Gasteiger partial charge is 0.377 e. The average molecular weight is 387 g/mol. The average Bonchev–Trinajstić information content (AvgIpc) is 2.65. The summed E-state index contributed by atoms with van der Waals surface area (Å²) in [5.74, 6) is -0.222. The number of benzene rings is 1. The fourth-order valence-electron chi connectivity index (χ4n) is 2.47. The van der Waals surface area contributed by atoms with Gasteiger partial charge in [0, 0.05) is 22.9 Å². The molecule has 0 unspecified atom stereocenters. The summed E-state index contributed by atoms with van der Waals surface area (Å²) in [5, 5.41) is 0.967. The molecular weight excluding hydrogens is 367 g/mol. The van der Waals surface area contributed by atoms with Crippen molar-refractivity contribution in [2.75, 3.05) is 13.2 Å². The Bertz CT molecular complexity index is 691. The molecule has 3 nitrogen and oxygen atoms in total. The minimum atomic E-state index is -0.222. The molecule has 2 heterocycles. The molecule has 1 aromatic carbocycles. The van der Waals surface area contributed by atoms with E-state index in [1.54, 1.807) is 18.0 Å². The van der Waals surface area contributed by atoms with Crippen LogP contribution in [0.1, 0.15) is 32.4 Å². The molecule has 0 saturated carbocycles. The van der Waals surface area contributed by atoms with Gasteiger partial charge in [-0.25, -0.2) is 4.39 Å². The van der Waals surface area contributed by atoms with Crippen LogP contribution in [0.15, 0.2) is 22.8 Å². The van der Waals surface area contributed by atoms with Gasteiger partial charge in [-0.15, -0.1) is 0 Å². The molecule has 120 valence electrons. The zero-order chi connectivity index (χ0) is 15.9. The molecule has 0 aliphatic carbocycles. The first-order valence-electron chi connectivity index (χ1n) is 7.32. The fraction of sp³-hybridized carbons (Fsp3) is 0.500. The van der Waals surface area contributed by atoms with Crippen molar-refractivity contribution in [2.24, 2.45) is 0 Å². The van der Waals surface area contributed by atoms with Crippen molar-refractivity contribution in [3.8, 4) is 0 Å². The maximum Gasteiger partial charge on any atom is 0.138 e. The minimum absolute atomic E-state index is 0.147. The van der Waals surface area contributed by atoms with Crippen LogP contribution >= 0.6 is 27.9 Å². The van der Waals surface area contributed by atoms with Crippen LogP contribution in [0.4, 0.5) is 4.39 Å². The number of aromatic nitrogens is 1. The maximum atomic E-state index is 13.9. The van der Waals surface area contributed by atoms with Gasteiger partial charge in [0.25, 0.3) is 0 Å². The fourth-order valence-corrected chi connectivity index (χ4v) is 3.46. The van der Waals surface area contributed by atoms with E-state index in [1.165, 1.54) is 0 Å². The minimum Gasteiger partial charge on any atom is -0.377 e. The Hall–Kier alpha value is -0.560. The van der Waals surface area contributed by atoms with Crippen LogP contribution in [0.3, 0.4) is 0 Å². The summed E-state index contributed by atoms with van der Waals surface area (Å²) in [7, 11) is 0. The van der Waals surface area contributed by atoms with E-state index in [2.05, 4.69) is 52.2 Å². The molecule has 1 aromatic heterocycles. The van der Waals surface area contributed by atoms with E-state index in [9.17, 15) is 4.39 Å². The number of nitrogens with one attached hydrogen (secondary N) is 1. The lowest BCUT2D eigenvalue weighted by molar-refractivity contribution is -0.0214. The van der Waals surface area contributed by atoms with Crippen molar-refractivity contribution in [3.63, 3.8) is 0 Å². The van der Waals surface area contributed by atoms with Crippen LogP contribution in [0.5, 0.6) is 0 Å². The van der Waals surface area contributed by atoms with Gasteiger partial charge in [0.15, 0.2) is 0 Å². The zero-order valence-corrected chi connectivity index (χ0v) is 15.4. The van der Waals surface area contributed by atoms with Crippen molar-refractivity contribution in [1.29, 1.82) is 0 Å². The summed E-state index contributed by atoms with van der Waals surface area (Å²) in [5.41, 5.74) is 2.17. The van der Waals surface area contributed by atoms with Crippen LogP contribution in [0.25, 0.3) is 10.9 Å². The second-order valence-electron chi connectivity index (χ2n) is 6.57. The molecular formula is C16H20BrFN2OS. The number of halogens is 2. The van der Waals surface area contributed by atoms with Gasteiger partial charge in [0.2, 0.25) is 0 Å². The third-order valence-electron chi connectivity index (χ3n) is 3.61. The molecule has 1 aliphatic rings. The number of ether oxygens (including phenoxy) is 1.